The van der Waals surface area contributed by atoms with Gasteiger partial charge >= 0.3 is 0 Å². The molecule has 0 aliphatic carbocycles. The van der Waals surface area contributed by atoms with E-state index in [4.69, 9.17) is 28.2 Å². The van der Waals surface area contributed by atoms with E-state index < -0.39 is 11.6 Å². The van der Waals surface area contributed by atoms with Crippen molar-refractivity contribution in [1.82, 2.24) is 14.7 Å². The van der Waals surface area contributed by atoms with Crippen LogP contribution in [0.4, 0.5) is 0 Å². The molecule has 9 heteroatoms. The maximum Gasteiger partial charge on any atom is 0.262 e. The van der Waals surface area contributed by atoms with Crippen molar-refractivity contribution in [2.24, 2.45) is 10.9 Å². The van der Waals surface area contributed by atoms with Gasteiger partial charge in [-0.25, -0.2) is 4.99 Å². The second-order valence-electron chi connectivity index (χ2n) is 10.6. The molecule has 3 aliphatic rings. The normalized spacial score (nSPS) is 27.8. The fourth-order valence-electron chi connectivity index (χ4n) is 5.71. The molecule has 4 atom stereocenters. The Morgan fingerprint density at radius 3 is 2.24 bits per heavy atom. The Kier molecular flexibility index (Phi) is 7.13. The number of hydrogen-bond acceptors (Lipinski definition) is 6. The highest BCUT2D eigenvalue weighted by atomic mass is 35.5. The van der Waals surface area contributed by atoms with Gasteiger partial charge in [0.15, 0.2) is 5.17 Å². The van der Waals surface area contributed by atoms with E-state index in [0.717, 1.165) is 22.0 Å². The van der Waals surface area contributed by atoms with Gasteiger partial charge in [-0.1, -0.05) is 61.3 Å². The van der Waals surface area contributed by atoms with Crippen molar-refractivity contribution in [3.63, 3.8) is 0 Å². The first-order valence-corrected chi connectivity index (χ1v) is 14.0. The number of carbonyl (C=O) groups excluding carboxylic acids is 1. The predicted molar refractivity (Wildman–Crippen MR) is 152 cm³/mol. The summed E-state index contributed by atoms with van der Waals surface area (Å²) in [6.45, 7) is 7.56. The number of hydrogen-bond donors (Lipinski definition) is 1. The van der Waals surface area contributed by atoms with Gasteiger partial charge in [-0.3, -0.25) is 4.79 Å². The van der Waals surface area contributed by atoms with Crippen LogP contribution < -0.4 is 0 Å². The molecule has 2 aromatic carbocycles. The molecule has 1 amide bonds. The Morgan fingerprint density at radius 2 is 1.70 bits per heavy atom. The van der Waals surface area contributed by atoms with Crippen LogP contribution in [0.15, 0.2) is 64.1 Å². The first-order chi connectivity index (χ1) is 17.5. The molecule has 0 unspecified atom stereocenters. The Hall–Kier alpha value is -2.03. The summed E-state index contributed by atoms with van der Waals surface area (Å²) in [6.07, 6.45) is -0.569. The zero-order chi connectivity index (χ0) is 26.6. The van der Waals surface area contributed by atoms with Crippen LogP contribution in [0.3, 0.4) is 0 Å². The molecule has 196 valence electrons. The predicted octanol–water partition coefficient (Wildman–Crippen LogP) is 5.37. The van der Waals surface area contributed by atoms with Crippen molar-refractivity contribution >= 4 is 46.0 Å². The molecule has 3 heterocycles. The van der Waals surface area contributed by atoms with Crippen LogP contribution in [0.5, 0.6) is 0 Å². The minimum absolute atomic E-state index is 0.0751. The number of aliphatic hydroxyl groups is 1. The number of halogens is 2. The first kappa shape index (κ1) is 26.6. The van der Waals surface area contributed by atoms with Crippen LogP contribution in [-0.2, 0) is 10.3 Å². The molecule has 0 radical (unpaired) electrons. The third-order valence-corrected chi connectivity index (χ3v) is 9.19. The van der Waals surface area contributed by atoms with E-state index in [2.05, 4.69) is 30.6 Å². The van der Waals surface area contributed by atoms with Crippen LogP contribution in [0.2, 0.25) is 10.0 Å². The number of likely N-dealkylation sites (tertiary alicyclic amines) is 1. The number of rotatable bonds is 5. The number of amides is 1. The molecule has 0 saturated carbocycles. The average molecular weight is 560 g/mol. The van der Waals surface area contributed by atoms with E-state index in [1.165, 1.54) is 11.8 Å². The molecule has 0 spiro atoms. The van der Waals surface area contributed by atoms with Crippen molar-refractivity contribution in [2.45, 2.75) is 44.5 Å². The Morgan fingerprint density at radius 1 is 1.11 bits per heavy atom. The number of benzene rings is 2. The lowest BCUT2D eigenvalue weighted by Crippen LogP contribution is -2.45. The molecule has 6 nitrogen and oxygen atoms in total. The van der Waals surface area contributed by atoms with Gasteiger partial charge in [-0.15, -0.1) is 0 Å². The summed E-state index contributed by atoms with van der Waals surface area (Å²) >= 11 is 13.9. The summed E-state index contributed by atoms with van der Waals surface area (Å²) in [6, 6.07) is 15.3. The summed E-state index contributed by atoms with van der Waals surface area (Å²) in [5.74, 6) is -0.000653. The summed E-state index contributed by atoms with van der Waals surface area (Å²) < 4.78 is 0. The number of aliphatic imine (C=N–C) groups is 1. The lowest BCUT2D eigenvalue weighted by atomic mass is 9.81. The zero-order valence-corrected chi connectivity index (χ0v) is 24.0. The van der Waals surface area contributed by atoms with Gasteiger partial charge in [0, 0.05) is 35.9 Å². The molecule has 3 aliphatic heterocycles. The maximum atomic E-state index is 13.9. The van der Waals surface area contributed by atoms with E-state index in [1.54, 1.807) is 11.9 Å². The smallest absolute Gasteiger partial charge is 0.262 e. The fourth-order valence-corrected chi connectivity index (χ4v) is 7.35. The lowest BCUT2D eigenvalue weighted by molar-refractivity contribution is -0.128. The summed E-state index contributed by atoms with van der Waals surface area (Å²) in [5.41, 5.74) is 2.46. The fraction of sp³-hybridized carbons (Fsp3) is 0.429. The van der Waals surface area contributed by atoms with Crippen molar-refractivity contribution < 1.29 is 9.90 Å². The number of β-amino-alcohol motifs (C(OH)–C–C–N with tert-alkyl or cyclic N) is 1. The van der Waals surface area contributed by atoms with Crippen LogP contribution in [0, 0.1) is 5.92 Å². The minimum Gasteiger partial charge on any atom is -0.390 e. The number of likely N-dealkylation sites (N-methyl/N-ethyl adjacent to an activating group) is 2. The van der Waals surface area contributed by atoms with Crippen molar-refractivity contribution in [1.29, 1.82) is 0 Å². The number of amidine groups is 1. The van der Waals surface area contributed by atoms with Gasteiger partial charge in [0.05, 0.1) is 18.2 Å². The molecule has 0 aromatic heterocycles. The van der Waals surface area contributed by atoms with Gasteiger partial charge in [-0.2, -0.15) is 0 Å². The highest BCUT2D eigenvalue weighted by Crippen LogP contribution is 2.56. The molecule has 1 fully saturated rings. The van der Waals surface area contributed by atoms with Crippen molar-refractivity contribution in [3.05, 3.63) is 80.3 Å². The van der Waals surface area contributed by atoms with Gasteiger partial charge in [0.25, 0.3) is 5.91 Å². The van der Waals surface area contributed by atoms with Gasteiger partial charge < -0.3 is 19.8 Å². The molecule has 2 aromatic rings. The average Bonchev–Trinajstić information content (AvgIpc) is 3.47. The van der Waals surface area contributed by atoms with Crippen LogP contribution in [0.25, 0.3) is 0 Å². The molecule has 1 saturated heterocycles. The van der Waals surface area contributed by atoms with Gasteiger partial charge in [0.1, 0.15) is 10.4 Å². The number of thioether (sulfide) groups is 1. The Balaban J connectivity index is 1.60. The van der Waals surface area contributed by atoms with E-state index in [0.29, 0.717) is 28.0 Å². The summed E-state index contributed by atoms with van der Waals surface area (Å²) in [7, 11) is 3.75. The second kappa shape index (κ2) is 9.93. The highest BCUT2D eigenvalue weighted by Gasteiger charge is 2.53. The van der Waals surface area contributed by atoms with Gasteiger partial charge in [-0.05, 0) is 67.0 Å². The third-order valence-electron chi connectivity index (χ3n) is 7.63. The van der Waals surface area contributed by atoms with Crippen molar-refractivity contribution in [3.8, 4) is 0 Å². The summed E-state index contributed by atoms with van der Waals surface area (Å²) in [4.78, 5) is 25.8. The van der Waals surface area contributed by atoms with Crippen LogP contribution in [0.1, 0.15) is 37.9 Å². The van der Waals surface area contributed by atoms with Crippen LogP contribution in [-0.4, -0.2) is 70.2 Å². The second-order valence-corrected chi connectivity index (χ2v) is 12.5. The molecular weight excluding hydrogens is 527 g/mol. The first-order valence-electron chi connectivity index (χ1n) is 12.5. The molecule has 37 heavy (non-hydrogen) atoms. The number of carbonyl (C=O) groups is 1. The number of fused-ring (bicyclic) bond motifs is 1. The standard InChI is InChI=1S/C28H32Cl2N4O2S/c1-16(2)23-24(26(36)33(5)21-14-32(4)15-22(21)35)37-27-31-28(3,18-8-12-20(30)13-9-18)25(34(23)27)17-6-10-19(29)11-7-17/h6-13,16,21-22,25,35H,14-15H2,1-5H3/t21-,22+,25+,28-/m0/s1. The molecule has 1 N–H and O–H groups in total. The van der Waals surface area contributed by atoms with E-state index >= 15 is 0 Å². The van der Waals surface area contributed by atoms with Gasteiger partial charge in [0.2, 0.25) is 0 Å². The monoisotopic (exact) mass is 558 g/mol. The van der Waals surface area contributed by atoms with E-state index in [1.807, 2.05) is 55.6 Å². The largest absolute Gasteiger partial charge is 0.390 e. The number of nitrogens with zero attached hydrogens (tertiary/aromatic N) is 4. The topological polar surface area (TPSA) is 59.4 Å². The molecular formula is C28H32Cl2N4O2S. The number of aliphatic hydroxyl groups excluding tert-OH is 1. The minimum atomic E-state index is -0.605. The van der Waals surface area contributed by atoms with Crippen molar-refractivity contribution in [2.75, 3.05) is 27.2 Å². The number of allylic oxidation sites excluding steroid dienone is 1. The quantitative estimate of drug-likeness (QED) is 0.534. The molecule has 5 rings (SSSR count). The third kappa shape index (κ3) is 4.59. The maximum absolute atomic E-state index is 13.9. The van der Waals surface area contributed by atoms with E-state index in [9.17, 15) is 9.90 Å². The Labute approximate surface area is 232 Å². The van der Waals surface area contributed by atoms with Crippen LogP contribution >= 0.6 is 35.0 Å². The molecule has 0 bridgehead atoms. The lowest BCUT2D eigenvalue weighted by Gasteiger charge is -2.37. The highest BCUT2D eigenvalue weighted by molar-refractivity contribution is 8.18. The Bertz CT molecular complexity index is 1260. The summed E-state index contributed by atoms with van der Waals surface area (Å²) in [5, 5.41) is 12.7. The SMILES string of the molecule is CC(C)C1=C(C(=O)N(C)[C@H]2CN(C)C[C@H]2O)SC2=N[C@@](C)(c3ccc(Cl)cc3)[C@@H](c3ccc(Cl)cc3)N21. The van der Waals surface area contributed by atoms with E-state index in [-0.39, 0.29) is 23.9 Å². The zero-order valence-electron chi connectivity index (χ0n) is 21.7.